The Labute approximate surface area is 148 Å². The molecular formula is C19H22O5S. The van der Waals surface area contributed by atoms with Crippen molar-refractivity contribution in [3.63, 3.8) is 0 Å². The Morgan fingerprint density at radius 1 is 1.00 bits per heavy atom. The van der Waals surface area contributed by atoms with Crippen molar-refractivity contribution in [3.8, 4) is 11.5 Å². The number of methoxy groups -OCH3 is 2. The van der Waals surface area contributed by atoms with Crippen LogP contribution in [0.2, 0.25) is 0 Å². The Kier molecular flexibility index (Phi) is 5.01. The Morgan fingerprint density at radius 3 is 2.24 bits per heavy atom. The number of ether oxygens (including phenoxy) is 2. The lowest BCUT2D eigenvalue weighted by Crippen LogP contribution is -2.28. The number of rotatable bonds is 5. The molecular weight excluding hydrogens is 340 g/mol. The molecule has 0 unspecified atom stereocenters. The highest BCUT2D eigenvalue weighted by atomic mass is 32.2. The predicted molar refractivity (Wildman–Crippen MR) is 95.9 cm³/mol. The highest BCUT2D eigenvalue weighted by molar-refractivity contribution is 7.86. The smallest absolute Gasteiger partial charge is 0.264 e. The van der Waals surface area contributed by atoms with E-state index in [4.69, 9.17) is 13.7 Å². The maximum Gasteiger partial charge on any atom is 0.264 e. The molecule has 0 spiro atoms. The molecule has 0 N–H and O–H groups in total. The summed E-state index contributed by atoms with van der Waals surface area (Å²) in [6.07, 6.45) is 1.81. The van der Waals surface area contributed by atoms with Crippen LogP contribution in [0.25, 0.3) is 0 Å². The monoisotopic (exact) mass is 362 g/mol. The maximum atomic E-state index is 11.6. The first-order valence-corrected chi connectivity index (χ1v) is 9.91. The highest BCUT2D eigenvalue weighted by Crippen LogP contribution is 2.42. The molecule has 6 heteroatoms. The van der Waals surface area contributed by atoms with E-state index in [-0.39, 0.29) is 5.92 Å². The fourth-order valence-corrected chi connectivity index (χ4v) is 4.12. The molecule has 25 heavy (non-hydrogen) atoms. The summed E-state index contributed by atoms with van der Waals surface area (Å²) in [5, 5.41) is 0. The lowest BCUT2D eigenvalue weighted by molar-refractivity contribution is 0.186. The van der Waals surface area contributed by atoms with Crippen LogP contribution < -0.4 is 9.47 Å². The van der Waals surface area contributed by atoms with Crippen molar-refractivity contribution >= 4 is 10.1 Å². The summed E-state index contributed by atoms with van der Waals surface area (Å²) in [5.74, 6) is 1.34. The molecule has 0 heterocycles. The van der Waals surface area contributed by atoms with Crippen molar-refractivity contribution in [2.75, 3.05) is 20.5 Å². The molecule has 2 aromatic rings. The molecule has 3 rings (SSSR count). The Balaban J connectivity index is 2.08. The zero-order valence-corrected chi connectivity index (χ0v) is 15.4. The van der Waals surface area contributed by atoms with E-state index in [9.17, 15) is 8.42 Å². The van der Waals surface area contributed by atoms with Crippen LogP contribution in [-0.4, -0.2) is 35.0 Å². The van der Waals surface area contributed by atoms with Gasteiger partial charge in [0.1, 0.15) is 0 Å². The molecule has 0 saturated carbocycles. The first-order chi connectivity index (χ1) is 11.9. The van der Waals surface area contributed by atoms with Crippen LogP contribution in [0, 0.1) is 0 Å². The first kappa shape index (κ1) is 17.8. The van der Waals surface area contributed by atoms with Gasteiger partial charge < -0.3 is 9.47 Å². The number of benzene rings is 2. The molecule has 0 radical (unpaired) electrons. The first-order valence-electron chi connectivity index (χ1n) is 8.09. The largest absolute Gasteiger partial charge is 0.493 e. The lowest BCUT2D eigenvalue weighted by Gasteiger charge is -2.32. The van der Waals surface area contributed by atoms with E-state index in [1.165, 1.54) is 0 Å². The topological polar surface area (TPSA) is 61.8 Å². The highest BCUT2D eigenvalue weighted by Gasteiger charge is 2.32. The summed E-state index contributed by atoms with van der Waals surface area (Å²) < 4.78 is 39.4. The Bertz CT molecular complexity index is 846. The quantitative estimate of drug-likeness (QED) is 0.765. The molecule has 5 nitrogen and oxygen atoms in total. The summed E-state index contributed by atoms with van der Waals surface area (Å²) in [7, 11) is -0.316. The average molecular weight is 362 g/mol. The van der Waals surface area contributed by atoms with Crippen molar-refractivity contribution in [2.45, 2.75) is 24.9 Å². The number of fused-ring (bicyclic) bond motifs is 1. The molecule has 0 saturated heterocycles. The third kappa shape index (κ3) is 3.96. The van der Waals surface area contributed by atoms with Crippen molar-refractivity contribution < 1.29 is 22.1 Å². The van der Waals surface area contributed by atoms with E-state index in [0.29, 0.717) is 24.3 Å². The Hall–Kier alpha value is -2.05. The SMILES string of the molecule is COc1cc2c(cc1OC)[C@H](c1ccccc1)C[C@@H](OS(C)(=O)=O)C2. The van der Waals surface area contributed by atoms with Crippen molar-refractivity contribution in [1.82, 2.24) is 0 Å². The van der Waals surface area contributed by atoms with Gasteiger partial charge >= 0.3 is 0 Å². The van der Waals surface area contributed by atoms with Gasteiger partial charge in [0.15, 0.2) is 11.5 Å². The van der Waals surface area contributed by atoms with Crippen LogP contribution in [0.1, 0.15) is 29.0 Å². The van der Waals surface area contributed by atoms with Gasteiger partial charge in [-0.1, -0.05) is 30.3 Å². The molecule has 0 aliphatic heterocycles. The second kappa shape index (κ2) is 7.06. The number of hydrogen-bond donors (Lipinski definition) is 0. The van der Waals surface area contributed by atoms with Crippen molar-refractivity contribution in [2.24, 2.45) is 0 Å². The minimum atomic E-state index is -3.52. The molecule has 0 bridgehead atoms. The van der Waals surface area contributed by atoms with Gasteiger partial charge in [-0.3, -0.25) is 4.18 Å². The zero-order chi connectivity index (χ0) is 18.0. The van der Waals surface area contributed by atoms with Gasteiger partial charge in [-0.15, -0.1) is 0 Å². The normalized spacial score (nSPS) is 20.0. The van der Waals surface area contributed by atoms with Gasteiger partial charge in [0, 0.05) is 12.3 Å². The van der Waals surface area contributed by atoms with E-state index in [2.05, 4.69) is 0 Å². The molecule has 134 valence electrons. The van der Waals surface area contributed by atoms with Gasteiger partial charge in [-0.2, -0.15) is 8.42 Å². The molecule has 0 fully saturated rings. The van der Waals surface area contributed by atoms with E-state index in [1.807, 2.05) is 42.5 Å². The Morgan fingerprint density at radius 2 is 1.64 bits per heavy atom. The second-order valence-corrected chi connectivity index (χ2v) is 7.83. The van der Waals surface area contributed by atoms with Gasteiger partial charge in [-0.05, 0) is 35.2 Å². The molecule has 2 aromatic carbocycles. The van der Waals surface area contributed by atoms with Crippen LogP contribution >= 0.6 is 0 Å². The summed E-state index contributed by atoms with van der Waals surface area (Å²) in [6, 6.07) is 13.9. The summed E-state index contributed by atoms with van der Waals surface area (Å²) in [5.41, 5.74) is 3.27. The summed E-state index contributed by atoms with van der Waals surface area (Å²) in [4.78, 5) is 0. The van der Waals surface area contributed by atoms with Gasteiger partial charge in [0.25, 0.3) is 10.1 Å². The van der Waals surface area contributed by atoms with Crippen LogP contribution in [0.15, 0.2) is 42.5 Å². The maximum absolute atomic E-state index is 11.6. The zero-order valence-electron chi connectivity index (χ0n) is 14.6. The predicted octanol–water partition coefficient (Wildman–Crippen LogP) is 3.13. The summed E-state index contributed by atoms with van der Waals surface area (Å²) >= 11 is 0. The van der Waals surface area contributed by atoms with Gasteiger partial charge in [0.05, 0.1) is 26.6 Å². The van der Waals surface area contributed by atoms with E-state index < -0.39 is 16.2 Å². The molecule has 1 aliphatic carbocycles. The molecule has 1 aliphatic rings. The molecule has 2 atom stereocenters. The second-order valence-electron chi connectivity index (χ2n) is 6.23. The van der Waals surface area contributed by atoms with Gasteiger partial charge in [0.2, 0.25) is 0 Å². The third-order valence-corrected chi connectivity index (χ3v) is 5.10. The standard InChI is InChI=1S/C19H22O5S/c1-22-18-10-14-9-15(24-25(3,20)21)11-16(13-7-5-4-6-8-13)17(14)12-19(18)23-2/h4-8,10,12,15-16H,9,11H2,1-3H3/t15-,16-/m0/s1. The van der Waals surface area contributed by atoms with E-state index in [0.717, 1.165) is 22.9 Å². The van der Waals surface area contributed by atoms with Crippen LogP contribution in [0.4, 0.5) is 0 Å². The average Bonchev–Trinajstić information content (AvgIpc) is 2.59. The minimum absolute atomic E-state index is 0.0384. The van der Waals surface area contributed by atoms with Crippen LogP contribution in [0.3, 0.4) is 0 Å². The van der Waals surface area contributed by atoms with E-state index in [1.54, 1.807) is 14.2 Å². The van der Waals surface area contributed by atoms with E-state index >= 15 is 0 Å². The fourth-order valence-electron chi connectivity index (χ4n) is 3.48. The van der Waals surface area contributed by atoms with Crippen molar-refractivity contribution in [3.05, 3.63) is 59.2 Å². The fraction of sp³-hybridized carbons (Fsp3) is 0.368. The molecule has 0 aromatic heterocycles. The van der Waals surface area contributed by atoms with Crippen molar-refractivity contribution in [1.29, 1.82) is 0 Å². The van der Waals surface area contributed by atoms with Crippen LogP contribution in [-0.2, 0) is 20.7 Å². The number of hydrogen-bond acceptors (Lipinski definition) is 5. The summed E-state index contributed by atoms with van der Waals surface area (Å²) in [6.45, 7) is 0. The third-order valence-electron chi connectivity index (χ3n) is 4.48. The van der Waals surface area contributed by atoms with Crippen LogP contribution in [0.5, 0.6) is 11.5 Å². The lowest BCUT2D eigenvalue weighted by atomic mass is 9.77. The minimum Gasteiger partial charge on any atom is -0.493 e. The van der Waals surface area contributed by atoms with Gasteiger partial charge in [-0.25, -0.2) is 0 Å². The molecule has 0 amide bonds.